The van der Waals surface area contributed by atoms with Crippen molar-refractivity contribution in [1.82, 2.24) is 0 Å². The van der Waals surface area contributed by atoms with Gasteiger partial charge in [-0.15, -0.1) is 12.4 Å². The standard InChI is InChI=1S/C10H11BClNO3.ClH/c12-6-1-2-7-10-9(6)8(5-13)16-11(10)15-4-3-14-7;/h1-2,8H,3-5,13H2;1H. The predicted octanol–water partition coefficient (Wildman–Crippen LogP) is 0.896. The van der Waals surface area contributed by atoms with E-state index in [4.69, 9.17) is 31.4 Å². The molecule has 0 amide bonds. The van der Waals surface area contributed by atoms with Crippen molar-refractivity contribution in [3.63, 3.8) is 0 Å². The van der Waals surface area contributed by atoms with Gasteiger partial charge in [-0.3, -0.25) is 0 Å². The van der Waals surface area contributed by atoms with E-state index in [2.05, 4.69) is 0 Å². The summed E-state index contributed by atoms with van der Waals surface area (Å²) in [4.78, 5) is 0. The molecule has 0 saturated heterocycles. The van der Waals surface area contributed by atoms with Crippen LogP contribution >= 0.6 is 24.0 Å². The summed E-state index contributed by atoms with van der Waals surface area (Å²) in [7, 11) is -0.389. The zero-order chi connectivity index (χ0) is 11.1. The summed E-state index contributed by atoms with van der Waals surface area (Å²) in [5, 5.41) is 0.658. The van der Waals surface area contributed by atoms with Gasteiger partial charge in [0.2, 0.25) is 0 Å². The Kier molecular flexibility index (Phi) is 3.85. The van der Waals surface area contributed by atoms with Crippen molar-refractivity contribution >= 4 is 36.6 Å². The molecule has 0 radical (unpaired) electrons. The van der Waals surface area contributed by atoms with Gasteiger partial charge < -0.3 is 19.8 Å². The highest BCUT2D eigenvalue weighted by atomic mass is 35.5. The molecule has 1 atom stereocenters. The van der Waals surface area contributed by atoms with E-state index >= 15 is 0 Å². The van der Waals surface area contributed by atoms with Crippen LogP contribution in [0.5, 0.6) is 5.75 Å². The first-order valence-corrected chi connectivity index (χ1v) is 5.61. The number of nitrogens with two attached hydrogens (primary N) is 1. The normalized spacial score (nSPS) is 21.3. The Labute approximate surface area is 111 Å². The third-order valence-electron chi connectivity index (χ3n) is 2.86. The highest BCUT2D eigenvalue weighted by molar-refractivity contribution is 6.64. The van der Waals surface area contributed by atoms with Gasteiger partial charge in [-0.25, -0.2) is 0 Å². The number of ether oxygens (including phenoxy) is 1. The highest BCUT2D eigenvalue weighted by Gasteiger charge is 2.42. The maximum Gasteiger partial charge on any atom is 0.498 e. The van der Waals surface area contributed by atoms with Crippen LogP contribution in [0.3, 0.4) is 0 Å². The summed E-state index contributed by atoms with van der Waals surface area (Å²) < 4.78 is 16.9. The van der Waals surface area contributed by atoms with Crippen molar-refractivity contribution in [3.8, 4) is 5.75 Å². The van der Waals surface area contributed by atoms with Crippen LogP contribution < -0.4 is 15.9 Å². The number of halogens is 2. The van der Waals surface area contributed by atoms with Gasteiger partial charge in [-0.05, 0) is 12.1 Å². The van der Waals surface area contributed by atoms with Crippen LogP contribution in [0.1, 0.15) is 11.7 Å². The molecule has 2 aliphatic heterocycles. The van der Waals surface area contributed by atoms with Crippen molar-refractivity contribution in [1.29, 1.82) is 0 Å². The molecule has 1 unspecified atom stereocenters. The van der Waals surface area contributed by atoms with Crippen LogP contribution in [0.15, 0.2) is 12.1 Å². The van der Waals surface area contributed by atoms with E-state index < -0.39 is 0 Å². The van der Waals surface area contributed by atoms with E-state index in [1.165, 1.54) is 0 Å². The first-order chi connectivity index (χ1) is 7.81. The van der Waals surface area contributed by atoms with E-state index in [-0.39, 0.29) is 25.6 Å². The van der Waals surface area contributed by atoms with E-state index in [1.807, 2.05) is 12.1 Å². The number of rotatable bonds is 1. The minimum absolute atomic E-state index is 0. The summed E-state index contributed by atoms with van der Waals surface area (Å²) >= 11 is 6.17. The van der Waals surface area contributed by atoms with Crippen molar-refractivity contribution in [2.24, 2.45) is 5.73 Å². The number of benzene rings is 1. The van der Waals surface area contributed by atoms with Crippen molar-refractivity contribution in [2.75, 3.05) is 19.8 Å². The lowest BCUT2D eigenvalue weighted by atomic mass is 9.78. The van der Waals surface area contributed by atoms with Crippen LogP contribution in [0.2, 0.25) is 5.02 Å². The first kappa shape index (κ1) is 13.0. The van der Waals surface area contributed by atoms with Gasteiger partial charge in [-0.2, -0.15) is 0 Å². The Balaban J connectivity index is 0.00000108. The molecular weight excluding hydrogens is 264 g/mol. The molecule has 92 valence electrons. The smallest absolute Gasteiger partial charge is 0.492 e. The summed E-state index contributed by atoms with van der Waals surface area (Å²) in [6.07, 6.45) is -0.200. The first-order valence-electron chi connectivity index (χ1n) is 5.23. The fourth-order valence-corrected chi connectivity index (χ4v) is 2.46. The number of hydrogen-bond acceptors (Lipinski definition) is 4. The summed E-state index contributed by atoms with van der Waals surface area (Å²) in [5.41, 5.74) is 7.48. The molecule has 3 rings (SSSR count). The van der Waals surface area contributed by atoms with Gasteiger partial charge in [-0.1, -0.05) is 11.6 Å². The van der Waals surface area contributed by atoms with E-state index in [0.29, 0.717) is 24.8 Å². The summed E-state index contributed by atoms with van der Waals surface area (Å²) in [5.74, 6) is 0.790. The zero-order valence-corrected chi connectivity index (χ0v) is 10.6. The van der Waals surface area contributed by atoms with Crippen LogP contribution in [0.4, 0.5) is 0 Å². The third kappa shape index (κ3) is 2.02. The highest BCUT2D eigenvalue weighted by Crippen LogP contribution is 2.34. The Morgan fingerprint density at radius 3 is 3.00 bits per heavy atom. The molecule has 2 aliphatic rings. The fourth-order valence-electron chi connectivity index (χ4n) is 2.17. The van der Waals surface area contributed by atoms with Crippen molar-refractivity contribution < 1.29 is 14.0 Å². The van der Waals surface area contributed by atoms with Gasteiger partial charge in [0.25, 0.3) is 0 Å². The van der Waals surface area contributed by atoms with Gasteiger partial charge in [0, 0.05) is 22.6 Å². The second-order valence-electron chi connectivity index (χ2n) is 3.78. The van der Waals surface area contributed by atoms with Crippen molar-refractivity contribution in [3.05, 3.63) is 22.7 Å². The molecule has 0 spiro atoms. The lowest BCUT2D eigenvalue weighted by molar-refractivity contribution is 0.148. The molecule has 1 aromatic carbocycles. The second kappa shape index (κ2) is 5.04. The molecule has 0 bridgehead atoms. The summed E-state index contributed by atoms with van der Waals surface area (Å²) in [6.45, 7) is 1.42. The quantitative estimate of drug-likeness (QED) is 0.774. The van der Waals surface area contributed by atoms with Crippen LogP contribution in [0.25, 0.3) is 0 Å². The van der Waals surface area contributed by atoms with Crippen LogP contribution in [0, 0.1) is 0 Å². The second-order valence-corrected chi connectivity index (χ2v) is 4.19. The minimum Gasteiger partial charge on any atom is -0.492 e. The monoisotopic (exact) mass is 275 g/mol. The Bertz CT molecular complexity index is 432. The topological polar surface area (TPSA) is 53.7 Å². The molecule has 0 aliphatic carbocycles. The van der Waals surface area contributed by atoms with Crippen LogP contribution in [-0.4, -0.2) is 26.9 Å². The van der Waals surface area contributed by atoms with Gasteiger partial charge >= 0.3 is 7.12 Å². The molecule has 0 fully saturated rings. The van der Waals surface area contributed by atoms with E-state index in [0.717, 1.165) is 16.8 Å². The average molecular weight is 276 g/mol. The van der Waals surface area contributed by atoms with Gasteiger partial charge in [0.1, 0.15) is 12.4 Å². The largest absolute Gasteiger partial charge is 0.498 e. The van der Waals surface area contributed by atoms with Crippen molar-refractivity contribution in [2.45, 2.75) is 6.10 Å². The maximum absolute atomic E-state index is 6.17. The Morgan fingerprint density at radius 2 is 2.24 bits per heavy atom. The third-order valence-corrected chi connectivity index (χ3v) is 3.19. The molecule has 2 N–H and O–H groups in total. The van der Waals surface area contributed by atoms with E-state index in [9.17, 15) is 0 Å². The molecule has 2 heterocycles. The summed E-state index contributed by atoms with van der Waals surface area (Å²) in [6, 6.07) is 3.67. The van der Waals surface area contributed by atoms with Crippen LogP contribution in [-0.2, 0) is 9.31 Å². The average Bonchev–Trinajstić information content (AvgIpc) is 2.55. The molecule has 1 aromatic rings. The molecule has 17 heavy (non-hydrogen) atoms. The van der Waals surface area contributed by atoms with Gasteiger partial charge in [0.05, 0.1) is 12.7 Å². The SMILES string of the molecule is Cl.NCC1OB2OCCOc3ccc(Cl)c1c32. The molecular formula is C10H12BCl2NO3. The fraction of sp³-hybridized carbons (Fsp3) is 0.400. The molecule has 7 heteroatoms. The molecule has 0 saturated carbocycles. The molecule has 0 aromatic heterocycles. The minimum atomic E-state index is -0.389. The van der Waals surface area contributed by atoms with Gasteiger partial charge in [0.15, 0.2) is 0 Å². The Hall–Kier alpha value is -0.455. The van der Waals surface area contributed by atoms with E-state index in [1.54, 1.807) is 0 Å². The maximum atomic E-state index is 6.17. The predicted molar refractivity (Wildman–Crippen MR) is 68.4 cm³/mol. The number of hydrogen-bond donors (Lipinski definition) is 1. The lowest BCUT2D eigenvalue weighted by Gasteiger charge is -2.13. The zero-order valence-electron chi connectivity index (χ0n) is 9.02. The lowest BCUT2D eigenvalue weighted by Crippen LogP contribution is -2.31. The Morgan fingerprint density at radius 1 is 1.41 bits per heavy atom. The molecule has 4 nitrogen and oxygen atoms in total.